The van der Waals surface area contributed by atoms with Crippen molar-refractivity contribution in [2.75, 3.05) is 0 Å². The van der Waals surface area contributed by atoms with Crippen LogP contribution in [0.25, 0.3) is 0 Å². The highest BCUT2D eigenvalue weighted by atomic mass is 16.5. The third-order valence-electron chi connectivity index (χ3n) is 2.59. The number of aromatic hydroxyl groups is 3. The minimum absolute atomic E-state index is 0.113. The highest BCUT2D eigenvalue weighted by Crippen LogP contribution is 2.33. The van der Waals surface area contributed by atoms with Crippen molar-refractivity contribution in [2.45, 2.75) is 25.4 Å². The molecule has 1 heterocycles. The molecular formula is C11H12O5. The molecule has 5 nitrogen and oxygen atoms in total. The first-order chi connectivity index (χ1) is 7.56. The van der Waals surface area contributed by atoms with Gasteiger partial charge in [0.05, 0.1) is 0 Å². The maximum absolute atomic E-state index is 10.9. The van der Waals surface area contributed by atoms with Crippen LogP contribution in [0.1, 0.15) is 18.4 Å². The van der Waals surface area contributed by atoms with Gasteiger partial charge in [-0.15, -0.1) is 0 Å². The lowest BCUT2D eigenvalue weighted by Gasteiger charge is -2.11. The van der Waals surface area contributed by atoms with Crippen LogP contribution in [-0.2, 0) is 16.0 Å². The first-order valence-electron chi connectivity index (χ1n) is 4.99. The van der Waals surface area contributed by atoms with Gasteiger partial charge in [-0.25, -0.2) is 0 Å². The highest BCUT2D eigenvalue weighted by Gasteiger charge is 2.24. The number of cyclic esters (lactones) is 1. The number of benzene rings is 1. The second-order valence-electron chi connectivity index (χ2n) is 3.82. The lowest BCUT2D eigenvalue weighted by Crippen LogP contribution is -2.10. The van der Waals surface area contributed by atoms with Crippen molar-refractivity contribution in [2.24, 2.45) is 0 Å². The number of carbonyl (C=O) groups is 1. The lowest BCUT2D eigenvalue weighted by molar-refractivity contribution is -0.141. The van der Waals surface area contributed by atoms with Crippen LogP contribution in [0, 0.1) is 0 Å². The van der Waals surface area contributed by atoms with Gasteiger partial charge in [-0.05, 0) is 12.5 Å². The molecule has 0 amide bonds. The summed E-state index contributed by atoms with van der Waals surface area (Å²) in [6.07, 6.45) is 1.07. The van der Waals surface area contributed by atoms with E-state index in [-0.39, 0.29) is 29.3 Å². The number of hydrogen-bond acceptors (Lipinski definition) is 5. The van der Waals surface area contributed by atoms with Gasteiger partial charge in [0.15, 0.2) is 11.5 Å². The standard InChI is InChI=1S/C11H12O5/c12-8-5-10(14)9(13)4-6(8)3-7-1-2-11(15)16-7/h4-5,7,12-14H,1-3H2. The maximum atomic E-state index is 10.9. The molecule has 16 heavy (non-hydrogen) atoms. The van der Waals surface area contributed by atoms with Crippen molar-refractivity contribution in [3.05, 3.63) is 17.7 Å². The number of phenolic OH excluding ortho intramolecular Hbond substituents is 3. The minimum atomic E-state index is -0.371. The summed E-state index contributed by atoms with van der Waals surface area (Å²) in [6.45, 7) is 0. The topological polar surface area (TPSA) is 87.0 Å². The molecule has 2 rings (SSSR count). The Kier molecular flexibility index (Phi) is 2.60. The van der Waals surface area contributed by atoms with E-state index in [1.54, 1.807) is 0 Å². The summed E-state index contributed by atoms with van der Waals surface area (Å²) in [5.41, 5.74) is 0.454. The van der Waals surface area contributed by atoms with Crippen molar-refractivity contribution >= 4 is 5.97 Å². The fraction of sp³-hybridized carbons (Fsp3) is 0.364. The summed E-state index contributed by atoms with van der Waals surface area (Å²) >= 11 is 0. The lowest BCUT2D eigenvalue weighted by atomic mass is 10.0. The second-order valence-corrected chi connectivity index (χ2v) is 3.82. The molecule has 0 saturated carbocycles. The largest absolute Gasteiger partial charge is 0.508 e. The van der Waals surface area contributed by atoms with Crippen LogP contribution in [0.4, 0.5) is 0 Å². The van der Waals surface area contributed by atoms with Crippen molar-refractivity contribution in [3.8, 4) is 17.2 Å². The van der Waals surface area contributed by atoms with Crippen LogP contribution in [0.2, 0.25) is 0 Å². The predicted molar refractivity (Wildman–Crippen MR) is 54.3 cm³/mol. The number of rotatable bonds is 2. The Balaban J connectivity index is 2.15. The van der Waals surface area contributed by atoms with E-state index in [9.17, 15) is 15.0 Å². The fourth-order valence-corrected chi connectivity index (χ4v) is 1.74. The summed E-state index contributed by atoms with van der Waals surface area (Å²) in [6, 6.07) is 2.35. The van der Waals surface area contributed by atoms with E-state index in [1.807, 2.05) is 0 Å². The quantitative estimate of drug-likeness (QED) is 0.397. The number of hydrogen-bond donors (Lipinski definition) is 3. The molecule has 0 spiro atoms. The third-order valence-corrected chi connectivity index (χ3v) is 2.59. The van der Waals surface area contributed by atoms with Crippen LogP contribution in [0.15, 0.2) is 12.1 Å². The SMILES string of the molecule is O=C1CCC(Cc2cc(O)c(O)cc2O)O1. The maximum Gasteiger partial charge on any atom is 0.306 e. The summed E-state index contributed by atoms with van der Waals surface area (Å²) in [5.74, 6) is -1.02. The molecule has 1 aliphatic heterocycles. The van der Waals surface area contributed by atoms with Crippen LogP contribution < -0.4 is 0 Å². The molecule has 1 aromatic rings. The van der Waals surface area contributed by atoms with Crippen molar-refractivity contribution in [1.29, 1.82) is 0 Å². The average molecular weight is 224 g/mol. The Morgan fingerprint density at radius 2 is 1.88 bits per heavy atom. The molecule has 0 aromatic heterocycles. The van der Waals surface area contributed by atoms with Crippen molar-refractivity contribution < 1.29 is 24.9 Å². The average Bonchev–Trinajstić information content (AvgIpc) is 2.60. The number of esters is 1. The van der Waals surface area contributed by atoms with Gasteiger partial charge in [-0.3, -0.25) is 4.79 Å². The molecule has 86 valence electrons. The Hall–Kier alpha value is -1.91. The summed E-state index contributed by atoms with van der Waals surface area (Å²) in [4.78, 5) is 10.9. The first-order valence-corrected chi connectivity index (χ1v) is 4.99. The van der Waals surface area contributed by atoms with E-state index in [2.05, 4.69) is 0 Å². The molecule has 5 heteroatoms. The zero-order chi connectivity index (χ0) is 11.7. The fourth-order valence-electron chi connectivity index (χ4n) is 1.74. The molecule has 1 aliphatic rings. The van der Waals surface area contributed by atoms with E-state index >= 15 is 0 Å². The molecule has 1 unspecified atom stereocenters. The van der Waals surface area contributed by atoms with Gasteiger partial charge < -0.3 is 20.1 Å². The van der Waals surface area contributed by atoms with Crippen molar-refractivity contribution in [3.63, 3.8) is 0 Å². The van der Waals surface area contributed by atoms with Gasteiger partial charge in [0.1, 0.15) is 11.9 Å². The van der Waals surface area contributed by atoms with Crippen LogP contribution in [0.5, 0.6) is 17.2 Å². The number of ether oxygens (including phenoxy) is 1. The summed E-state index contributed by atoms with van der Waals surface area (Å²) in [5, 5.41) is 27.9. The number of phenols is 3. The molecule has 3 N–H and O–H groups in total. The molecule has 0 aliphatic carbocycles. The Labute approximate surface area is 91.9 Å². The molecule has 1 aromatic carbocycles. The van der Waals surface area contributed by atoms with E-state index in [0.717, 1.165) is 6.07 Å². The molecular weight excluding hydrogens is 212 g/mol. The molecule has 1 saturated heterocycles. The minimum Gasteiger partial charge on any atom is -0.508 e. The van der Waals surface area contributed by atoms with E-state index in [4.69, 9.17) is 9.84 Å². The second kappa shape index (κ2) is 3.92. The monoisotopic (exact) mass is 224 g/mol. The molecule has 1 fully saturated rings. The Bertz CT molecular complexity index is 427. The van der Waals surface area contributed by atoms with Gasteiger partial charge in [0.2, 0.25) is 0 Å². The van der Waals surface area contributed by atoms with Crippen molar-refractivity contribution in [1.82, 2.24) is 0 Å². The highest BCUT2D eigenvalue weighted by molar-refractivity contribution is 5.71. The van der Waals surface area contributed by atoms with Gasteiger partial charge >= 0.3 is 5.97 Å². The molecule has 1 atom stereocenters. The van der Waals surface area contributed by atoms with Crippen LogP contribution >= 0.6 is 0 Å². The summed E-state index contributed by atoms with van der Waals surface area (Å²) < 4.78 is 5.00. The van der Waals surface area contributed by atoms with Gasteiger partial charge in [0, 0.05) is 24.5 Å². The van der Waals surface area contributed by atoms with Crippen LogP contribution in [0.3, 0.4) is 0 Å². The smallest absolute Gasteiger partial charge is 0.306 e. The summed E-state index contributed by atoms with van der Waals surface area (Å²) in [7, 11) is 0. The molecule has 0 bridgehead atoms. The van der Waals surface area contributed by atoms with E-state index < -0.39 is 0 Å². The third kappa shape index (κ3) is 2.03. The predicted octanol–water partition coefficient (Wildman–Crippen LogP) is 1.05. The van der Waals surface area contributed by atoms with Crippen LogP contribution in [-0.4, -0.2) is 27.4 Å². The van der Waals surface area contributed by atoms with Gasteiger partial charge in [-0.2, -0.15) is 0 Å². The Morgan fingerprint density at radius 3 is 2.50 bits per heavy atom. The van der Waals surface area contributed by atoms with Gasteiger partial charge in [0.25, 0.3) is 0 Å². The van der Waals surface area contributed by atoms with E-state index in [0.29, 0.717) is 24.8 Å². The first kappa shape index (κ1) is 10.6. The zero-order valence-corrected chi connectivity index (χ0v) is 8.51. The van der Waals surface area contributed by atoms with E-state index in [1.165, 1.54) is 6.07 Å². The normalized spacial score (nSPS) is 19.8. The number of carbonyl (C=O) groups excluding carboxylic acids is 1. The van der Waals surface area contributed by atoms with Gasteiger partial charge in [-0.1, -0.05) is 0 Å². The Morgan fingerprint density at radius 1 is 1.19 bits per heavy atom. The molecule has 0 radical (unpaired) electrons. The zero-order valence-electron chi connectivity index (χ0n) is 8.51.